The first kappa shape index (κ1) is 15.5. The average molecular weight is 315 g/mol. The van der Waals surface area contributed by atoms with Gasteiger partial charge in [-0.1, -0.05) is 19.3 Å². The molecular weight excluding hydrogens is 295 g/mol. The van der Waals surface area contributed by atoms with E-state index in [0.29, 0.717) is 25.2 Å². The number of rotatable bonds is 2. The highest BCUT2D eigenvalue weighted by Gasteiger charge is 2.45. The van der Waals surface area contributed by atoms with Crippen molar-refractivity contribution >= 4 is 0 Å². The van der Waals surface area contributed by atoms with Crippen molar-refractivity contribution in [1.29, 1.82) is 0 Å². The normalized spacial score (nSPS) is 20.7. The monoisotopic (exact) mass is 315 g/mol. The Morgan fingerprint density at radius 1 is 1.05 bits per heavy atom. The van der Waals surface area contributed by atoms with E-state index in [9.17, 15) is 13.2 Å². The molecule has 2 N–H and O–H groups in total. The van der Waals surface area contributed by atoms with Crippen molar-refractivity contribution < 1.29 is 22.6 Å². The summed E-state index contributed by atoms with van der Waals surface area (Å²) >= 11 is 0. The third kappa shape index (κ3) is 2.53. The highest BCUT2D eigenvalue weighted by molar-refractivity contribution is 5.56. The van der Waals surface area contributed by atoms with Gasteiger partial charge in [0.25, 0.3) is 0 Å². The molecule has 1 aromatic carbocycles. The van der Waals surface area contributed by atoms with E-state index < -0.39 is 17.2 Å². The van der Waals surface area contributed by atoms with Crippen LogP contribution >= 0.6 is 0 Å². The van der Waals surface area contributed by atoms with Crippen molar-refractivity contribution in [2.45, 2.75) is 43.7 Å². The van der Waals surface area contributed by atoms with Gasteiger partial charge in [0.1, 0.15) is 13.2 Å². The maximum Gasteiger partial charge on any atom is 0.416 e. The molecule has 1 aromatic rings. The molecule has 0 atom stereocenters. The Balaban J connectivity index is 2.21. The molecule has 122 valence electrons. The molecule has 2 aliphatic rings. The van der Waals surface area contributed by atoms with E-state index >= 15 is 0 Å². The van der Waals surface area contributed by atoms with Gasteiger partial charge in [0, 0.05) is 17.5 Å². The van der Waals surface area contributed by atoms with E-state index in [-0.39, 0.29) is 24.5 Å². The van der Waals surface area contributed by atoms with Crippen LogP contribution in [0.25, 0.3) is 0 Å². The highest BCUT2D eigenvalue weighted by atomic mass is 19.4. The summed E-state index contributed by atoms with van der Waals surface area (Å²) in [5.41, 5.74) is 4.85. The Labute approximate surface area is 127 Å². The SMILES string of the molecule is NCC1(c2c(C(F)(F)F)ccc3c2OCCO3)CCCCC1. The second kappa shape index (κ2) is 5.65. The molecule has 0 radical (unpaired) electrons. The van der Waals surface area contributed by atoms with E-state index in [1.165, 1.54) is 6.07 Å². The zero-order valence-corrected chi connectivity index (χ0v) is 12.3. The van der Waals surface area contributed by atoms with Gasteiger partial charge < -0.3 is 15.2 Å². The van der Waals surface area contributed by atoms with Crippen LogP contribution < -0.4 is 15.2 Å². The lowest BCUT2D eigenvalue weighted by atomic mass is 9.67. The molecule has 0 amide bonds. The van der Waals surface area contributed by atoms with Crippen LogP contribution in [0.15, 0.2) is 12.1 Å². The first-order chi connectivity index (χ1) is 10.5. The Kier molecular flexibility index (Phi) is 3.97. The van der Waals surface area contributed by atoms with Gasteiger partial charge in [-0.3, -0.25) is 0 Å². The standard InChI is InChI=1S/C16H20F3NO2/c17-16(18,19)11-4-5-12-14(22-9-8-21-12)13(11)15(10-20)6-2-1-3-7-15/h4-5H,1-3,6-10,20H2. The minimum atomic E-state index is -4.43. The Morgan fingerprint density at radius 3 is 2.36 bits per heavy atom. The fourth-order valence-corrected chi connectivity index (χ4v) is 3.66. The van der Waals surface area contributed by atoms with Crippen molar-refractivity contribution in [2.75, 3.05) is 19.8 Å². The van der Waals surface area contributed by atoms with Crippen molar-refractivity contribution in [2.24, 2.45) is 5.73 Å². The van der Waals surface area contributed by atoms with Crippen LogP contribution in [0.3, 0.4) is 0 Å². The molecular formula is C16H20F3NO2. The number of ether oxygens (including phenoxy) is 2. The van der Waals surface area contributed by atoms with Crippen molar-refractivity contribution in [3.05, 3.63) is 23.3 Å². The molecule has 1 aliphatic heterocycles. The number of hydrogen-bond acceptors (Lipinski definition) is 3. The molecule has 0 unspecified atom stereocenters. The number of benzene rings is 1. The van der Waals surface area contributed by atoms with Crippen LogP contribution in [0.1, 0.15) is 43.2 Å². The third-order valence-electron chi connectivity index (χ3n) is 4.75. The molecule has 0 saturated heterocycles. The first-order valence-corrected chi connectivity index (χ1v) is 7.68. The van der Waals surface area contributed by atoms with Crippen LogP contribution in [0.5, 0.6) is 11.5 Å². The third-order valence-corrected chi connectivity index (χ3v) is 4.75. The molecule has 1 heterocycles. The zero-order valence-electron chi connectivity index (χ0n) is 12.3. The maximum absolute atomic E-state index is 13.5. The zero-order chi connectivity index (χ0) is 15.8. The van der Waals surface area contributed by atoms with Gasteiger partial charge >= 0.3 is 6.18 Å². The van der Waals surface area contributed by atoms with Gasteiger partial charge in [0.05, 0.1) is 5.56 Å². The van der Waals surface area contributed by atoms with Crippen LogP contribution in [0.2, 0.25) is 0 Å². The summed E-state index contributed by atoms with van der Waals surface area (Å²) in [5.74, 6) is 0.640. The van der Waals surface area contributed by atoms with Crippen LogP contribution in [-0.2, 0) is 11.6 Å². The molecule has 1 fully saturated rings. The number of hydrogen-bond donors (Lipinski definition) is 1. The predicted octanol–water partition coefficient (Wildman–Crippen LogP) is 3.64. The summed E-state index contributed by atoms with van der Waals surface area (Å²) in [7, 11) is 0. The molecule has 1 aliphatic carbocycles. The quantitative estimate of drug-likeness (QED) is 0.906. The number of nitrogens with two attached hydrogens (primary N) is 1. The van der Waals surface area contributed by atoms with E-state index in [4.69, 9.17) is 15.2 Å². The number of fused-ring (bicyclic) bond motifs is 1. The number of alkyl halides is 3. The van der Waals surface area contributed by atoms with Gasteiger partial charge in [-0.25, -0.2) is 0 Å². The van der Waals surface area contributed by atoms with Crippen LogP contribution in [0.4, 0.5) is 13.2 Å². The fourth-order valence-electron chi connectivity index (χ4n) is 3.66. The second-order valence-corrected chi connectivity index (χ2v) is 6.06. The Morgan fingerprint density at radius 2 is 1.73 bits per heavy atom. The molecule has 3 rings (SSSR count). The molecule has 6 heteroatoms. The van der Waals surface area contributed by atoms with E-state index in [0.717, 1.165) is 25.3 Å². The van der Waals surface area contributed by atoms with Gasteiger partial charge in [0.2, 0.25) is 0 Å². The second-order valence-electron chi connectivity index (χ2n) is 6.06. The first-order valence-electron chi connectivity index (χ1n) is 7.68. The van der Waals surface area contributed by atoms with Gasteiger partial charge in [-0.15, -0.1) is 0 Å². The highest BCUT2D eigenvalue weighted by Crippen LogP contribution is 2.51. The molecule has 0 spiro atoms. The lowest BCUT2D eigenvalue weighted by molar-refractivity contribution is -0.139. The van der Waals surface area contributed by atoms with Crippen LogP contribution in [0, 0.1) is 0 Å². The van der Waals surface area contributed by atoms with Crippen molar-refractivity contribution in [3.8, 4) is 11.5 Å². The number of halogens is 3. The van der Waals surface area contributed by atoms with Gasteiger partial charge in [-0.2, -0.15) is 13.2 Å². The Hall–Kier alpha value is -1.43. The lowest BCUT2D eigenvalue weighted by Crippen LogP contribution is -2.40. The maximum atomic E-state index is 13.5. The minimum absolute atomic E-state index is 0.190. The van der Waals surface area contributed by atoms with Gasteiger partial charge in [-0.05, 0) is 25.0 Å². The van der Waals surface area contributed by atoms with Crippen LogP contribution in [-0.4, -0.2) is 19.8 Å². The summed E-state index contributed by atoms with van der Waals surface area (Å²) in [4.78, 5) is 0. The van der Waals surface area contributed by atoms with Gasteiger partial charge in [0.15, 0.2) is 11.5 Å². The topological polar surface area (TPSA) is 44.5 Å². The molecule has 1 saturated carbocycles. The largest absolute Gasteiger partial charge is 0.486 e. The molecule has 22 heavy (non-hydrogen) atoms. The molecule has 3 nitrogen and oxygen atoms in total. The van der Waals surface area contributed by atoms with Crippen molar-refractivity contribution in [1.82, 2.24) is 0 Å². The van der Waals surface area contributed by atoms with E-state index in [1.54, 1.807) is 0 Å². The fraction of sp³-hybridized carbons (Fsp3) is 0.625. The smallest absolute Gasteiger partial charge is 0.416 e. The van der Waals surface area contributed by atoms with E-state index in [2.05, 4.69) is 0 Å². The molecule has 0 aromatic heterocycles. The van der Waals surface area contributed by atoms with Crippen molar-refractivity contribution in [3.63, 3.8) is 0 Å². The molecule has 0 bridgehead atoms. The average Bonchev–Trinajstić information content (AvgIpc) is 2.53. The van der Waals surface area contributed by atoms with E-state index in [1.807, 2.05) is 0 Å². The lowest BCUT2D eigenvalue weighted by Gasteiger charge is -2.40. The summed E-state index contributed by atoms with van der Waals surface area (Å²) in [6, 6.07) is 2.46. The minimum Gasteiger partial charge on any atom is -0.486 e. The summed E-state index contributed by atoms with van der Waals surface area (Å²) in [6.45, 7) is 0.811. The summed E-state index contributed by atoms with van der Waals surface area (Å²) in [5, 5.41) is 0. The predicted molar refractivity (Wildman–Crippen MR) is 76.3 cm³/mol. The summed E-state index contributed by atoms with van der Waals surface area (Å²) in [6.07, 6.45) is -0.295. The Bertz CT molecular complexity index is 551. The summed E-state index contributed by atoms with van der Waals surface area (Å²) < 4.78 is 51.7.